The summed E-state index contributed by atoms with van der Waals surface area (Å²) >= 11 is 0. The van der Waals surface area contributed by atoms with Gasteiger partial charge in [-0.15, -0.1) is 0 Å². The summed E-state index contributed by atoms with van der Waals surface area (Å²) in [6, 6.07) is 5.63. The molecular weight excluding hydrogens is 249 g/mol. The summed E-state index contributed by atoms with van der Waals surface area (Å²) in [7, 11) is 0. The van der Waals surface area contributed by atoms with Crippen molar-refractivity contribution in [3.05, 3.63) is 35.1 Å². The molecule has 20 heavy (non-hydrogen) atoms. The molecule has 1 N–H and O–H groups in total. The molecule has 0 amide bonds. The van der Waals surface area contributed by atoms with Crippen LogP contribution >= 0.6 is 0 Å². The van der Waals surface area contributed by atoms with Crippen LogP contribution in [0.15, 0.2) is 18.2 Å². The molecule has 1 aromatic carbocycles. The van der Waals surface area contributed by atoms with Crippen LogP contribution in [0.5, 0.6) is 0 Å². The van der Waals surface area contributed by atoms with Crippen LogP contribution < -0.4 is 5.32 Å². The minimum Gasteiger partial charge on any atom is -0.313 e. The molecule has 1 aromatic rings. The van der Waals surface area contributed by atoms with E-state index in [1.54, 1.807) is 6.07 Å². The van der Waals surface area contributed by atoms with Gasteiger partial charge in [0.1, 0.15) is 5.82 Å². The van der Waals surface area contributed by atoms with E-state index < -0.39 is 0 Å². The maximum absolute atomic E-state index is 13.8. The van der Waals surface area contributed by atoms with Crippen molar-refractivity contribution in [3.63, 3.8) is 0 Å². The van der Waals surface area contributed by atoms with Gasteiger partial charge in [0.15, 0.2) is 0 Å². The van der Waals surface area contributed by atoms with Crippen molar-refractivity contribution in [3.8, 4) is 0 Å². The largest absolute Gasteiger partial charge is 0.313 e. The van der Waals surface area contributed by atoms with E-state index in [-0.39, 0.29) is 5.82 Å². The number of hydrogen-bond acceptors (Lipinski definition) is 1. The van der Waals surface area contributed by atoms with Gasteiger partial charge in [-0.25, -0.2) is 4.39 Å². The number of hydrogen-bond donors (Lipinski definition) is 1. The molecule has 0 saturated carbocycles. The lowest BCUT2D eigenvalue weighted by molar-refractivity contribution is 0.461. The monoisotopic (exact) mass is 279 g/mol. The van der Waals surface area contributed by atoms with Gasteiger partial charge in [-0.3, -0.25) is 0 Å². The molecular formula is C18H30FN. The Morgan fingerprint density at radius 3 is 2.60 bits per heavy atom. The Labute approximate surface area is 124 Å². The van der Waals surface area contributed by atoms with Crippen LogP contribution in [0.4, 0.5) is 4.39 Å². The quantitative estimate of drug-likeness (QED) is 0.589. The molecule has 0 aliphatic carbocycles. The zero-order chi connectivity index (χ0) is 14.8. The van der Waals surface area contributed by atoms with Gasteiger partial charge >= 0.3 is 0 Å². The van der Waals surface area contributed by atoms with E-state index in [4.69, 9.17) is 0 Å². The molecule has 1 unspecified atom stereocenters. The Bertz CT molecular complexity index is 376. The molecule has 1 rings (SSSR count). The highest BCUT2D eigenvalue weighted by molar-refractivity contribution is 5.25. The van der Waals surface area contributed by atoms with Crippen LogP contribution in [-0.2, 0) is 13.0 Å². The normalized spacial score (nSPS) is 12.6. The van der Waals surface area contributed by atoms with Crippen molar-refractivity contribution >= 4 is 0 Å². The third-order valence-corrected chi connectivity index (χ3v) is 3.93. The number of unbranched alkanes of at least 4 members (excludes halogenated alkanes) is 1. The lowest BCUT2D eigenvalue weighted by Gasteiger charge is -2.15. The second-order valence-electron chi connectivity index (χ2n) is 5.72. The molecule has 0 aliphatic rings. The SMILES string of the molecule is CCCCNCc1cc(CC(CC)CCC)ccc1F. The lowest BCUT2D eigenvalue weighted by Crippen LogP contribution is -2.15. The molecule has 2 heteroatoms. The fourth-order valence-electron chi connectivity index (χ4n) is 2.61. The zero-order valence-corrected chi connectivity index (χ0v) is 13.3. The molecule has 1 nitrogen and oxygen atoms in total. The van der Waals surface area contributed by atoms with Gasteiger partial charge in [0.25, 0.3) is 0 Å². The highest BCUT2D eigenvalue weighted by atomic mass is 19.1. The van der Waals surface area contributed by atoms with Gasteiger partial charge in [-0.05, 0) is 36.9 Å². The van der Waals surface area contributed by atoms with E-state index in [0.717, 1.165) is 30.9 Å². The maximum atomic E-state index is 13.8. The summed E-state index contributed by atoms with van der Waals surface area (Å²) in [4.78, 5) is 0. The van der Waals surface area contributed by atoms with Crippen molar-refractivity contribution in [1.82, 2.24) is 5.32 Å². The summed E-state index contributed by atoms with van der Waals surface area (Å²) in [5.74, 6) is 0.646. The van der Waals surface area contributed by atoms with Crippen molar-refractivity contribution in [2.24, 2.45) is 5.92 Å². The molecule has 0 radical (unpaired) electrons. The number of benzene rings is 1. The number of nitrogens with one attached hydrogen (secondary N) is 1. The third kappa shape index (κ3) is 6.04. The average Bonchev–Trinajstić information content (AvgIpc) is 2.46. The van der Waals surface area contributed by atoms with Crippen LogP contribution in [0.3, 0.4) is 0 Å². The highest BCUT2D eigenvalue weighted by Gasteiger charge is 2.09. The average molecular weight is 279 g/mol. The summed E-state index contributed by atoms with van der Waals surface area (Å²) in [5, 5.41) is 3.32. The van der Waals surface area contributed by atoms with Crippen LogP contribution in [0.25, 0.3) is 0 Å². The third-order valence-electron chi connectivity index (χ3n) is 3.93. The zero-order valence-electron chi connectivity index (χ0n) is 13.3. The minimum atomic E-state index is -0.0821. The summed E-state index contributed by atoms with van der Waals surface area (Å²) in [6.07, 6.45) is 7.09. The lowest BCUT2D eigenvalue weighted by atomic mass is 9.92. The summed E-state index contributed by atoms with van der Waals surface area (Å²) in [6.45, 7) is 8.26. The van der Waals surface area contributed by atoms with Crippen molar-refractivity contribution in [2.75, 3.05) is 6.54 Å². The number of halogens is 1. The molecule has 1 atom stereocenters. The Morgan fingerprint density at radius 2 is 1.95 bits per heavy atom. The van der Waals surface area contributed by atoms with Gasteiger partial charge in [0, 0.05) is 12.1 Å². The molecule has 0 heterocycles. The van der Waals surface area contributed by atoms with Gasteiger partial charge in [-0.1, -0.05) is 58.6 Å². The second kappa shape index (κ2) is 9.93. The fraction of sp³-hybridized carbons (Fsp3) is 0.667. The molecule has 0 bridgehead atoms. The summed E-state index contributed by atoms with van der Waals surface area (Å²) < 4.78 is 13.8. The Balaban J connectivity index is 2.60. The van der Waals surface area contributed by atoms with Gasteiger partial charge in [0.05, 0.1) is 0 Å². The van der Waals surface area contributed by atoms with E-state index >= 15 is 0 Å². The maximum Gasteiger partial charge on any atom is 0.127 e. The number of rotatable bonds is 10. The van der Waals surface area contributed by atoms with E-state index in [9.17, 15) is 4.39 Å². The molecule has 0 saturated heterocycles. The minimum absolute atomic E-state index is 0.0821. The fourth-order valence-corrected chi connectivity index (χ4v) is 2.61. The van der Waals surface area contributed by atoms with Crippen LogP contribution in [-0.4, -0.2) is 6.54 Å². The predicted molar refractivity (Wildman–Crippen MR) is 85.4 cm³/mol. The first kappa shape index (κ1) is 17.2. The topological polar surface area (TPSA) is 12.0 Å². The highest BCUT2D eigenvalue weighted by Crippen LogP contribution is 2.19. The molecule has 0 aliphatic heterocycles. The Morgan fingerprint density at radius 1 is 1.15 bits per heavy atom. The predicted octanol–water partition coefficient (Wildman–Crippen LogP) is 5.08. The molecule has 0 spiro atoms. The van der Waals surface area contributed by atoms with Crippen molar-refractivity contribution in [1.29, 1.82) is 0 Å². The Hall–Kier alpha value is -0.890. The van der Waals surface area contributed by atoms with E-state index in [1.807, 2.05) is 12.1 Å². The summed E-state index contributed by atoms with van der Waals surface area (Å²) in [5.41, 5.74) is 2.09. The van der Waals surface area contributed by atoms with Crippen LogP contribution in [0, 0.1) is 11.7 Å². The van der Waals surface area contributed by atoms with Crippen molar-refractivity contribution in [2.45, 2.75) is 65.8 Å². The van der Waals surface area contributed by atoms with Gasteiger partial charge in [0.2, 0.25) is 0 Å². The Kier molecular flexibility index (Phi) is 8.52. The van der Waals surface area contributed by atoms with Crippen LogP contribution in [0.2, 0.25) is 0 Å². The molecule has 114 valence electrons. The van der Waals surface area contributed by atoms with Gasteiger partial charge in [-0.2, -0.15) is 0 Å². The standard InChI is InChI=1S/C18H30FN/c1-4-7-11-20-14-17-13-16(9-10-18(17)19)12-15(6-3)8-5-2/h9-10,13,15,20H,4-8,11-12,14H2,1-3H3. The molecule has 0 aromatic heterocycles. The van der Waals surface area contributed by atoms with Gasteiger partial charge < -0.3 is 5.32 Å². The van der Waals surface area contributed by atoms with E-state index in [2.05, 4.69) is 26.1 Å². The second-order valence-corrected chi connectivity index (χ2v) is 5.72. The first-order valence-corrected chi connectivity index (χ1v) is 8.19. The van der Waals surface area contributed by atoms with E-state index in [1.165, 1.54) is 31.2 Å². The van der Waals surface area contributed by atoms with Crippen molar-refractivity contribution < 1.29 is 4.39 Å². The smallest absolute Gasteiger partial charge is 0.127 e. The van der Waals surface area contributed by atoms with E-state index in [0.29, 0.717) is 6.54 Å². The van der Waals surface area contributed by atoms with Crippen LogP contribution in [0.1, 0.15) is 64.0 Å². The first-order chi connectivity index (χ1) is 9.71. The molecule has 0 fully saturated rings. The first-order valence-electron chi connectivity index (χ1n) is 8.19.